The van der Waals surface area contributed by atoms with E-state index in [4.69, 9.17) is 5.53 Å². The molecule has 8 heteroatoms. The molecule has 0 radical (unpaired) electrons. The Bertz CT molecular complexity index is 1390. The number of nitrogens with zero attached hydrogens (tertiary/aromatic N) is 5. The molecule has 0 atom stereocenters. The Kier molecular flexibility index (Phi) is 6.54. The maximum atomic E-state index is 14.6. The molecule has 0 spiro atoms. The molecular formula is C27H26FN7. The smallest absolute Gasteiger partial charge is 0.160 e. The van der Waals surface area contributed by atoms with E-state index in [1.165, 1.54) is 6.07 Å². The normalized spacial score (nSPS) is 15.3. The van der Waals surface area contributed by atoms with E-state index in [0.717, 1.165) is 48.0 Å². The van der Waals surface area contributed by atoms with Crippen LogP contribution in [0.1, 0.15) is 18.4 Å². The molecular weight excluding hydrogens is 441 g/mol. The Morgan fingerprint density at radius 1 is 1.11 bits per heavy atom. The largest absolute Gasteiger partial charge is 0.386 e. The predicted octanol–water partition coefficient (Wildman–Crippen LogP) is 5.51. The second-order valence-electron chi connectivity index (χ2n) is 8.76. The third-order valence-corrected chi connectivity index (χ3v) is 6.37. The molecule has 0 aliphatic carbocycles. The minimum Gasteiger partial charge on any atom is -0.386 e. The zero-order valence-electron chi connectivity index (χ0n) is 19.4. The van der Waals surface area contributed by atoms with Crippen molar-refractivity contribution in [2.45, 2.75) is 18.9 Å². The molecule has 176 valence electrons. The summed E-state index contributed by atoms with van der Waals surface area (Å²) in [7, 11) is 2.13. The molecule has 0 unspecified atom stereocenters. The van der Waals surface area contributed by atoms with E-state index in [1.807, 2.05) is 24.3 Å². The summed E-state index contributed by atoms with van der Waals surface area (Å²) in [6, 6.07) is 14.5. The van der Waals surface area contributed by atoms with Gasteiger partial charge in [0.2, 0.25) is 0 Å². The predicted molar refractivity (Wildman–Crippen MR) is 135 cm³/mol. The number of pyridine rings is 3. The van der Waals surface area contributed by atoms with Crippen LogP contribution in [0.3, 0.4) is 0 Å². The molecule has 7 nitrogen and oxygen atoms in total. The first-order valence-corrected chi connectivity index (χ1v) is 11.6. The van der Waals surface area contributed by atoms with Gasteiger partial charge in [0, 0.05) is 52.9 Å². The van der Waals surface area contributed by atoms with E-state index >= 15 is 0 Å². The van der Waals surface area contributed by atoms with E-state index in [1.54, 1.807) is 43.0 Å². The summed E-state index contributed by atoms with van der Waals surface area (Å²) in [6.45, 7) is 2.09. The van der Waals surface area contributed by atoms with Crippen LogP contribution in [0.25, 0.3) is 39.1 Å². The van der Waals surface area contributed by atoms with Crippen molar-refractivity contribution in [2.24, 2.45) is 5.11 Å². The van der Waals surface area contributed by atoms with Gasteiger partial charge in [0.1, 0.15) is 11.5 Å². The molecule has 1 aliphatic rings. The van der Waals surface area contributed by atoms with Gasteiger partial charge in [-0.05, 0) is 74.9 Å². The fraction of sp³-hybridized carbons (Fsp3) is 0.222. The Morgan fingerprint density at radius 2 is 1.94 bits per heavy atom. The van der Waals surface area contributed by atoms with E-state index in [2.05, 4.69) is 37.3 Å². The molecule has 0 bridgehead atoms. The molecule has 1 aliphatic heterocycles. The second kappa shape index (κ2) is 10.1. The van der Waals surface area contributed by atoms with Gasteiger partial charge in [-0.15, -0.1) is 0 Å². The SMILES string of the molecule is CN1CCC(N/C=C(\N=N)c2cncc(-c3cc(-c4ccccc4F)nc4ncccc34)c2)CC1. The Labute approximate surface area is 203 Å². The van der Waals surface area contributed by atoms with Gasteiger partial charge in [0.05, 0.1) is 5.69 Å². The second-order valence-corrected chi connectivity index (χ2v) is 8.76. The Balaban J connectivity index is 1.53. The van der Waals surface area contributed by atoms with Gasteiger partial charge in [-0.25, -0.2) is 19.9 Å². The number of hydrogen-bond donors (Lipinski definition) is 2. The summed E-state index contributed by atoms with van der Waals surface area (Å²) in [6.07, 6.45) is 9.02. The maximum absolute atomic E-state index is 14.6. The molecule has 0 amide bonds. The number of benzene rings is 1. The van der Waals surface area contributed by atoms with Crippen LogP contribution in [0.5, 0.6) is 0 Å². The Hall–Kier alpha value is -4.04. The molecule has 4 aromatic rings. The fourth-order valence-electron chi connectivity index (χ4n) is 4.38. The topological polar surface area (TPSA) is 90.2 Å². The highest BCUT2D eigenvalue weighted by atomic mass is 19.1. The average molecular weight is 468 g/mol. The lowest BCUT2D eigenvalue weighted by Gasteiger charge is -2.29. The first kappa shape index (κ1) is 22.7. The quantitative estimate of drug-likeness (QED) is 0.365. The summed E-state index contributed by atoms with van der Waals surface area (Å²) in [4.78, 5) is 15.8. The highest BCUT2D eigenvalue weighted by Gasteiger charge is 2.16. The molecule has 4 heterocycles. The first-order chi connectivity index (χ1) is 17.1. The van der Waals surface area contributed by atoms with E-state index in [-0.39, 0.29) is 5.82 Å². The molecule has 2 N–H and O–H groups in total. The number of aromatic nitrogens is 3. The van der Waals surface area contributed by atoms with Gasteiger partial charge in [0.15, 0.2) is 5.65 Å². The van der Waals surface area contributed by atoms with E-state index in [0.29, 0.717) is 28.6 Å². The number of likely N-dealkylation sites (tertiary alicyclic amines) is 1. The molecule has 0 saturated carbocycles. The maximum Gasteiger partial charge on any atom is 0.160 e. The lowest BCUT2D eigenvalue weighted by Crippen LogP contribution is -2.38. The zero-order valence-corrected chi connectivity index (χ0v) is 19.4. The molecule has 5 rings (SSSR count). The summed E-state index contributed by atoms with van der Waals surface area (Å²) < 4.78 is 14.6. The minimum atomic E-state index is -0.341. The number of halogens is 1. The summed E-state index contributed by atoms with van der Waals surface area (Å²) in [5.41, 5.74) is 12.1. The highest BCUT2D eigenvalue weighted by Crippen LogP contribution is 2.33. The fourth-order valence-corrected chi connectivity index (χ4v) is 4.38. The monoisotopic (exact) mass is 467 g/mol. The van der Waals surface area contributed by atoms with E-state index in [9.17, 15) is 4.39 Å². The molecule has 35 heavy (non-hydrogen) atoms. The average Bonchev–Trinajstić information content (AvgIpc) is 2.90. The van der Waals surface area contributed by atoms with Crippen molar-refractivity contribution in [3.05, 3.63) is 84.7 Å². The third kappa shape index (κ3) is 4.93. The summed E-state index contributed by atoms with van der Waals surface area (Å²) in [5, 5.41) is 8.02. The molecule has 1 fully saturated rings. The van der Waals surface area contributed by atoms with Gasteiger partial charge in [-0.1, -0.05) is 12.1 Å². The lowest BCUT2D eigenvalue weighted by atomic mass is 9.99. The van der Waals surface area contributed by atoms with Crippen molar-refractivity contribution in [1.82, 2.24) is 25.2 Å². The van der Waals surface area contributed by atoms with Gasteiger partial charge < -0.3 is 10.2 Å². The number of hydrogen-bond acceptors (Lipinski definition) is 7. The number of fused-ring (bicyclic) bond motifs is 1. The number of nitrogens with one attached hydrogen (secondary N) is 2. The third-order valence-electron chi connectivity index (χ3n) is 6.37. The van der Waals surface area contributed by atoms with Crippen LogP contribution in [-0.4, -0.2) is 46.0 Å². The van der Waals surface area contributed by atoms with Gasteiger partial charge in [-0.2, -0.15) is 5.11 Å². The van der Waals surface area contributed by atoms with Crippen molar-refractivity contribution in [1.29, 1.82) is 5.53 Å². The van der Waals surface area contributed by atoms with Crippen molar-refractivity contribution >= 4 is 16.7 Å². The van der Waals surface area contributed by atoms with Crippen LogP contribution in [0.15, 0.2) is 78.4 Å². The molecule has 1 aromatic carbocycles. The van der Waals surface area contributed by atoms with Crippen molar-refractivity contribution in [3.8, 4) is 22.4 Å². The summed E-state index contributed by atoms with van der Waals surface area (Å²) in [5.74, 6) is -0.341. The van der Waals surface area contributed by atoms with Crippen molar-refractivity contribution in [3.63, 3.8) is 0 Å². The van der Waals surface area contributed by atoms with Crippen LogP contribution in [0.2, 0.25) is 0 Å². The van der Waals surface area contributed by atoms with Crippen LogP contribution in [0.4, 0.5) is 4.39 Å². The van der Waals surface area contributed by atoms with E-state index < -0.39 is 0 Å². The van der Waals surface area contributed by atoms with Gasteiger partial charge in [-0.3, -0.25) is 4.98 Å². The van der Waals surface area contributed by atoms with Crippen LogP contribution < -0.4 is 5.32 Å². The number of piperidine rings is 1. The number of rotatable bonds is 6. The zero-order chi connectivity index (χ0) is 24.2. The lowest BCUT2D eigenvalue weighted by molar-refractivity contribution is 0.244. The Morgan fingerprint density at radius 3 is 2.74 bits per heavy atom. The van der Waals surface area contributed by atoms with Crippen LogP contribution >= 0.6 is 0 Å². The standard InChI is InChI=1S/C27H26FN7/c1-35-11-8-20(9-12-35)32-17-26(34-29)19-13-18(15-30-16-19)23-14-25(22-5-2-3-7-24(22)28)33-27-21(23)6-4-10-31-27/h2-7,10,13-17,20,29,32H,8-9,11-12H2,1H3/b26-17-,34-29?. The molecule has 3 aromatic heterocycles. The van der Waals surface area contributed by atoms with Crippen molar-refractivity contribution < 1.29 is 4.39 Å². The van der Waals surface area contributed by atoms with Crippen molar-refractivity contribution in [2.75, 3.05) is 20.1 Å². The minimum absolute atomic E-state index is 0.341. The summed E-state index contributed by atoms with van der Waals surface area (Å²) >= 11 is 0. The van der Waals surface area contributed by atoms with Gasteiger partial charge >= 0.3 is 0 Å². The first-order valence-electron chi connectivity index (χ1n) is 11.6. The van der Waals surface area contributed by atoms with Crippen LogP contribution in [0, 0.1) is 11.3 Å². The highest BCUT2D eigenvalue weighted by molar-refractivity contribution is 5.95. The molecule has 1 saturated heterocycles. The van der Waals surface area contributed by atoms with Gasteiger partial charge in [0.25, 0.3) is 0 Å². The van der Waals surface area contributed by atoms with Crippen LogP contribution in [-0.2, 0) is 0 Å².